The molecule has 1 aliphatic rings. The van der Waals surface area contributed by atoms with Crippen molar-refractivity contribution in [2.75, 3.05) is 13.2 Å². The molecule has 4 N–H and O–H groups in total. The van der Waals surface area contributed by atoms with Gasteiger partial charge in [0.15, 0.2) is 0 Å². The number of hydrogen-bond acceptors (Lipinski definition) is 5. The largest absolute Gasteiger partial charge is 0.388 e. The van der Waals surface area contributed by atoms with E-state index in [2.05, 4.69) is 5.32 Å². The normalized spacial score (nSPS) is 32.4. The highest BCUT2D eigenvalue weighted by Gasteiger charge is 2.36. The molecule has 1 aromatic rings. The number of nitrogens with one attached hydrogen (secondary N) is 1. The average molecular weight is 253 g/mol. The van der Waals surface area contributed by atoms with Gasteiger partial charge in [0.1, 0.15) is 24.5 Å². The lowest BCUT2D eigenvalue weighted by molar-refractivity contribution is -0.194. The molecule has 0 spiro atoms. The molecule has 1 aromatic carbocycles. The highest BCUT2D eigenvalue weighted by Crippen LogP contribution is 2.13. The minimum absolute atomic E-state index is 0.0290. The Morgan fingerprint density at radius 2 is 1.83 bits per heavy atom. The van der Waals surface area contributed by atoms with Gasteiger partial charge in [-0.1, -0.05) is 30.3 Å². The van der Waals surface area contributed by atoms with E-state index in [0.717, 1.165) is 6.42 Å². The summed E-state index contributed by atoms with van der Waals surface area (Å²) in [4.78, 5) is 0. The third-order valence-corrected chi connectivity index (χ3v) is 3.10. The Kier molecular flexibility index (Phi) is 4.68. The van der Waals surface area contributed by atoms with E-state index < -0.39 is 24.5 Å². The van der Waals surface area contributed by atoms with Gasteiger partial charge in [0.05, 0.1) is 6.61 Å². The predicted octanol–water partition coefficient (Wildman–Crippen LogP) is -0.742. The number of ether oxygens (including phenoxy) is 1. The van der Waals surface area contributed by atoms with E-state index >= 15 is 0 Å². The summed E-state index contributed by atoms with van der Waals surface area (Å²) in [6.45, 7) is 0.662. The summed E-state index contributed by atoms with van der Waals surface area (Å²) in [6, 6.07) is 9.96. The van der Waals surface area contributed by atoms with E-state index in [1.807, 2.05) is 30.3 Å². The van der Waals surface area contributed by atoms with Crippen LogP contribution < -0.4 is 5.32 Å². The maximum absolute atomic E-state index is 9.71. The molecule has 0 amide bonds. The average Bonchev–Trinajstić information content (AvgIpc) is 2.40. The Morgan fingerprint density at radius 1 is 1.11 bits per heavy atom. The van der Waals surface area contributed by atoms with Gasteiger partial charge in [-0.3, -0.25) is 5.32 Å². The first-order valence-corrected chi connectivity index (χ1v) is 6.11. The molecule has 2 rings (SSSR count). The van der Waals surface area contributed by atoms with Crippen molar-refractivity contribution in [1.29, 1.82) is 0 Å². The Hall–Kier alpha value is -0.980. The summed E-state index contributed by atoms with van der Waals surface area (Å²) in [7, 11) is 0. The van der Waals surface area contributed by atoms with Crippen LogP contribution in [0.15, 0.2) is 30.3 Å². The zero-order valence-electron chi connectivity index (χ0n) is 10.1. The number of benzene rings is 1. The van der Waals surface area contributed by atoms with Crippen LogP contribution >= 0.6 is 0 Å². The predicted molar refractivity (Wildman–Crippen MR) is 65.9 cm³/mol. The zero-order valence-corrected chi connectivity index (χ0v) is 10.1. The fourth-order valence-corrected chi connectivity index (χ4v) is 1.99. The third-order valence-electron chi connectivity index (χ3n) is 3.10. The number of aliphatic hydroxyl groups is 3. The summed E-state index contributed by atoms with van der Waals surface area (Å²) in [5.41, 5.74) is 1.19. The molecule has 0 bridgehead atoms. The monoisotopic (exact) mass is 253 g/mol. The van der Waals surface area contributed by atoms with E-state index in [-0.39, 0.29) is 6.61 Å². The van der Waals surface area contributed by atoms with Crippen molar-refractivity contribution in [3.8, 4) is 0 Å². The first-order chi connectivity index (χ1) is 8.68. The topological polar surface area (TPSA) is 82.0 Å². The molecule has 0 radical (unpaired) electrons. The first kappa shape index (κ1) is 13.5. The standard InChI is InChI=1S/C13H19NO4/c15-10-8-18-13(12(17)11(10)16)14-7-6-9-4-2-1-3-5-9/h1-5,10-17H,6-8H2. The molecule has 4 atom stereocenters. The van der Waals surface area contributed by atoms with Gasteiger partial charge in [0.2, 0.25) is 0 Å². The van der Waals surface area contributed by atoms with Crippen LogP contribution in [-0.4, -0.2) is 53.0 Å². The highest BCUT2D eigenvalue weighted by molar-refractivity contribution is 5.14. The second-order valence-electron chi connectivity index (χ2n) is 4.49. The van der Waals surface area contributed by atoms with Gasteiger partial charge < -0.3 is 20.1 Å². The van der Waals surface area contributed by atoms with E-state index in [1.165, 1.54) is 5.56 Å². The van der Waals surface area contributed by atoms with E-state index in [4.69, 9.17) is 4.74 Å². The quantitative estimate of drug-likeness (QED) is 0.568. The fourth-order valence-electron chi connectivity index (χ4n) is 1.99. The molecule has 0 aliphatic carbocycles. The Bertz CT molecular complexity index is 359. The van der Waals surface area contributed by atoms with Crippen LogP contribution in [0.4, 0.5) is 0 Å². The molecule has 5 nitrogen and oxygen atoms in total. The SMILES string of the molecule is OC1COC(NCCc2ccccc2)C(O)C1O. The van der Waals surface area contributed by atoms with Gasteiger partial charge in [0, 0.05) is 6.54 Å². The number of rotatable bonds is 4. The van der Waals surface area contributed by atoms with Crippen LogP contribution in [0.1, 0.15) is 5.56 Å². The number of hydrogen-bond donors (Lipinski definition) is 4. The molecular formula is C13H19NO4. The summed E-state index contributed by atoms with van der Waals surface area (Å²) in [6.07, 6.45) is -3.11. The lowest BCUT2D eigenvalue weighted by atomic mass is 10.0. The molecule has 100 valence electrons. The van der Waals surface area contributed by atoms with Crippen molar-refractivity contribution in [3.63, 3.8) is 0 Å². The first-order valence-electron chi connectivity index (χ1n) is 6.11. The molecule has 18 heavy (non-hydrogen) atoms. The van der Waals surface area contributed by atoms with Crippen molar-refractivity contribution in [2.24, 2.45) is 0 Å². The van der Waals surface area contributed by atoms with E-state index in [9.17, 15) is 15.3 Å². The van der Waals surface area contributed by atoms with Crippen molar-refractivity contribution < 1.29 is 20.1 Å². The Balaban J connectivity index is 1.77. The molecule has 1 heterocycles. The van der Waals surface area contributed by atoms with Gasteiger partial charge >= 0.3 is 0 Å². The molecule has 1 aliphatic heterocycles. The summed E-state index contributed by atoms with van der Waals surface area (Å²) in [5.74, 6) is 0. The molecule has 1 fully saturated rings. The lowest BCUT2D eigenvalue weighted by Crippen LogP contribution is -2.58. The Labute approximate surface area is 106 Å². The smallest absolute Gasteiger partial charge is 0.137 e. The third kappa shape index (κ3) is 3.28. The second kappa shape index (κ2) is 6.26. The minimum Gasteiger partial charge on any atom is -0.388 e. The van der Waals surface area contributed by atoms with Crippen molar-refractivity contribution >= 4 is 0 Å². The Morgan fingerprint density at radius 3 is 2.56 bits per heavy atom. The minimum atomic E-state index is -1.16. The maximum atomic E-state index is 9.71. The molecule has 0 aromatic heterocycles. The lowest BCUT2D eigenvalue weighted by Gasteiger charge is -2.35. The molecule has 1 saturated heterocycles. The summed E-state index contributed by atoms with van der Waals surface area (Å²) >= 11 is 0. The zero-order chi connectivity index (χ0) is 13.0. The van der Waals surface area contributed by atoms with Crippen LogP contribution in [-0.2, 0) is 11.2 Å². The van der Waals surface area contributed by atoms with Crippen molar-refractivity contribution in [3.05, 3.63) is 35.9 Å². The second-order valence-corrected chi connectivity index (χ2v) is 4.49. The van der Waals surface area contributed by atoms with Gasteiger partial charge in [-0.05, 0) is 12.0 Å². The molecule has 5 heteroatoms. The fraction of sp³-hybridized carbons (Fsp3) is 0.538. The number of aliphatic hydroxyl groups excluding tert-OH is 3. The van der Waals surface area contributed by atoms with Crippen molar-refractivity contribution in [1.82, 2.24) is 5.32 Å². The van der Waals surface area contributed by atoms with Gasteiger partial charge in [-0.15, -0.1) is 0 Å². The van der Waals surface area contributed by atoms with Crippen LogP contribution in [0, 0.1) is 0 Å². The van der Waals surface area contributed by atoms with E-state index in [0.29, 0.717) is 6.54 Å². The van der Waals surface area contributed by atoms with Crippen LogP contribution in [0.3, 0.4) is 0 Å². The molecular weight excluding hydrogens is 234 g/mol. The highest BCUT2D eigenvalue weighted by atomic mass is 16.5. The summed E-state index contributed by atoms with van der Waals surface area (Å²) < 4.78 is 5.24. The van der Waals surface area contributed by atoms with Gasteiger partial charge in [-0.2, -0.15) is 0 Å². The van der Waals surface area contributed by atoms with Crippen LogP contribution in [0.25, 0.3) is 0 Å². The molecule has 0 saturated carbocycles. The van der Waals surface area contributed by atoms with Crippen LogP contribution in [0.2, 0.25) is 0 Å². The van der Waals surface area contributed by atoms with Crippen molar-refractivity contribution in [2.45, 2.75) is 31.0 Å². The molecule has 4 unspecified atom stereocenters. The van der Waals surface area contributed by atoms with Crippen LogP contribution in [0.5, 0.6) is 0 Å². The maximum Gasteiger partial charge on any atom is 0.137 e. The summed E-state index contributed by atoms with van der Waals surface area (Å²) in [5, 5.41) is 31.6. The van der Waals surface area contributed by atoms with Gasteiger partial charge in [0.25, 0.3) is 0 Å². The van der Waals surface area contributed by atoms with E-state index in [1.54, 1.807) is 0 Å². The van der Waals surface area contributed by atoms with Gasteiger partial charge in [-0.25, -0.2) is 0 Å².